The van der Waals surface area contributed by atoms with Gasteiger partial charge in [0.05, 0.1) is 22.7 Å². The van der Waals surface area contributed by atoms with Crippen LogP contribution in [0, 0.1) is 0 Å². The maximum absolute atomic E-state index is 12.4. The average molecular weight is 442 g/mol. The molecule has 1 heterocycles. The van der Waals surface area contributed by atoms with Crippen molar-refractivity contribution in [3.8, 4) is 0 Å². The molecule has 31 heavy (non-hydrogen) atoms. The minimum Gasteiger partial charge on any atom is -0.478 e. The summed E-state index contributed by atoms with van der Waals surface area (Å²) in [5.74, 6) is -2.02. The molecule has 0 aliphatic rings. The van der Waals surface area contributed by atoms with Gasteiger partial charge in [0.25, 0.3) is 0 Å². The molecule has 0 atom stereocenters. The summed E-state index contributed by atoms with van der Waals surface area (Å²) in [6.45, 7) is 0. The fraction of sp³-hybridized carbons (Fsp3) is 0.0952. The van der Waals surface area contributed by atoms with Gasteiger partial charge in [-0.15, -0.1) is 0 Å². The maximum Gasteiger partial charge on any atom is 0.335 e. The molecule has 0 spiro atoms. The second-order valence-corrected chi connectivity index (χ2v) is 6.82. The van der Waals surface area contributed by atoms with Gasteiger partial charge >= 0.3 is 5.97 Å². The molecule has 0 saturated heterocycles. The van der Waals surface area contributed by atoms with Gasteiger partial charge in [-0.2, -0.15) is 5.10 Å². The van der Waals surface area contributed by atoms with Gasteiger partial charge < -0.3 is 14.8 Å². The molecule has 10 heteroatoms. The van der Waals surface area contributed by atoms with Gasteiger partial charge in [0.15, 0.2) is 0 Å². The van der Waals surface area contributed by atoms with E-state index in [4.69, 9.17) is 21.1 Å². The number of carboxylic acids is 1. The van der Waals surface area contributed by atoms with Gasteiger partial charge in [-0.1, -0.05) is 11.6 Å². The standard InChI is InChI=1S/C21H16ClN3O6/c22-14-3-6-17-16(9-14)20(28)13(11-31-17)10-23-25-19(27)8-7-18(26)24-15-4-1-12(2-5-15)21(29)30/h1-6,9-11H,7-8H2,(H,24,26)(H,25,27)(H,29,30)/b23-10+. The molecule has 0 unspecified atom stereocenters. The Morgan fingerprint density at radius 3 is 2.48 bits per heavy atom. The lowest BCUT2D eigenvalue weighted by atomic mass is 10.2. The van der Waals surface area contributed by atoms with Crippen LogP contribution in [0.2, 0.25) is 5.02 Å². The van der Waals surface area contributed by atoms with Crippen molar-refractivity contribution in [1.82, 2.24) is 5.43 Å². The Kier molecular flexibility index (Phi) is 6.78. The zero-order chi connectivity index (χ0) is 22.4. The molecule has 2 amide bonds. The topological polar surface area (TPSA) is 138 Å². The highest BCUT2D eigenvalue weighted by Crippen LogP contribution is 2.16. The fourth-order valence-corrected chi connectivity index (χ4v) is 2.76. The summed E-state index contributed by atoms with van der Waals surface area (Å²) in [7, 11) is 0. The summed E-state index contributed by atoms with van der Waals surface area (Å²) in [6, 6.07) is 10.3. The molecule has 0 bridgehead atoms. The van der Waals surface area contributed by atoms with Crippen molar-refractivity contribution in [2.75, 3.05) is 5.32 Å². The molecule has 0 saturated carbocycles. The molecule has 0 aliphatic carbocycles. The van der Waals surface area contributed by atoms with Gasteiger partial charge in [0, 0.05) is 23.6 Å². The number of fused-ring (bicyclic) bond motifs is 1. The highest BCUT2D eigenvalue weighted by atomic mass is 35.5. The molecule has 1 aromatic heterocycles. The molecule has 0 radical (unpaired) electrons. The molecular formula is C21H16ClN3O6. The molecule has 9 nitrogen and oxygen atoms in total. The van der Waals surface area contributed by atoms with E-state index in [1.165, 1.54) is 36.6 Å². The number of anilines is 1. The van der Waals surface area contributed by atoms with Crippen LogP contribution in [0.5, 0.6) is 0 Å². The maximum atomic E-state index is 12.4. The molecule has 3 N–H and O–H groups in total. The number of hydrazone groups is 1. The number of nitrogens with zero attached hydrogens (tertiary/aromatic N) is 1. The smallest absolute Gasteiger partial charge is 0.335 e. The van der Waals surface area contributed by atoms with Gasteiger partial charge in [-0.3, -0.25) is 14.4 Å². The van der Waals surface area contributed by atoms with E-state index in [-0.39, 0.29) is 34.8 Å². The van der Waals surface area contributed by atoms with E-state index >= 15 is 0 Å². The first-order valence-corrected chi connectivity index (χ1v) is 9.37. The Morgan fingerprint density at radius 2 is 1.77 bits per heavy atom. The number of benzene rings is 2. The first-order chi connectivity index (χ1) is 14.8. The number of rotatable bonds is 7. The third-order valence-electron chi connectivity index (χ3n) is 4.15. The summed E-state index contributed by atoms with van der Waals surface area (Å²) in [6.07, 6.45) is 2.11. The van der Waals surface area contributed by atoms with Crippen LogP contribution in [0.25, 0.3) is 11.0 Å². The van der Waals surface area contributed by atoms with Gasteiger partial charge in [0.2, 0.25) is 17.2 Å². The lowest BCUT2D eigenvalue weighted by Gasteiger charge is -2.05. The summed E-state index contributed by atoms with van der Waals surface area (Å²) in [5.41, 5.74) is 2.89. The second-order valence-electron chi connectivity index (χ2n) is 6.38. The third-order valence-corrected chi connectivity index (χ3v) is 4.38. The summed E-state index contributed by atoms with van der Waals surface area (Å²) in [4.78, 5) is 47.0. The quantitative estimate of drug-likeness (QED) is 0.380. The predicted molar refractivity (Wildman–Crippen MR) is 114 cm³/mol. The van der Waals surface area contributed by atoms with E-state index in [0.29, 0.717) is 16.3 Å². The Bertz CT molecular complexity index is 1230. The van der Waals surface area contributed by atoms with Crippen molar-refractivity contribution < 1.29 is 23.9 Å². The molecule has 3 rings (SSSR count). The highest BCUT2D eigenvalue weighted by Gasteiger charge is 2.09. The number of carbonyl (C=O) groups excluding carboxylic acids is 2. The third kappa shape index (κ3) is 5.77. The van der Waals surface area contributed by atoms with E-state index < -0.39 is 17.8 Å². The number of carbonyl (C=O) groups is 3. The molecule has 2 aromatic carbocycles. The fourth-order valence-electron chi connectivity index (χ4n) is 2.58. The van der Waals surface area contributed by atoms with Crippen molar-refractivity contribution in [3.63, 3.8) is 0 Å². The summed E-state index contributed by atoms with van der Waals surface area (Å²) in [5, 5.41) is 15.8. The number of hydrogen-bond acceptors (Lipinski definition) is 6. The summed E-state index contributed by atoms with van der Waals surface area (Å²) < 4.78 is 5.34. The van der Waals surface area contributed by atoms with Crippen LogP contribution in [-0.4, -0.2) is 29.1 Å². The second kappa shape index (κ2) is 9.68. The average Bonchev–Trinajstić information content (AvgIpc) is 2.74. The van der Waals surface area contributed by atoms with Crippen LogP contribution in [0.3, 0.4) is 0 Å². The number of halogens is 1. The van der Waals surface area contributed by atoms with Crippen LogP contribution in [-0.2, 0) is 9.59 Å². The first kappa shape index (κ1) is 21.7. The van der Waals surface area contributed by atoms with E-state index in [1.807, 2.05) is 0 Å². The number of aromatic carboxylic acids is 1. The van der Waals surface area contributed by atoms with Crippen molar-refractivity contribution in [1.29, 1.82) is 0 Å². The Hall–Kier alpha value is -3.98. The van der Waals surface area contributed by atoms with Crippen molar-refractivity contribution >= 4 is 52.3 Å². The molecule has 0 aliphatic heterocycles. The van der Waals surface area contributed by atoms with Crippen LogP contribution in [0.4, 0.5) is 5.69 Å². The SMILES string of the molecule is O=C(CCC(=O)Nc1ccc(C(=O)O)cc1)N/N=C/c1coc2ccc(Cl)cc2c1=O. The Balaban J connectivity index is 1.51. The first-order valence-electron chi connectivity index (χ1n) is 8.99. The Morgan fingerprint density at radius 1 is 1.06 bits per heavy atom. The number of carboxylic acid groups (broad SMARTS) is 1. The monoisotopic (exact) mass is 441 g/mol. The normalized spacial score (nSPS) is 10.9. The number of amides is 2. The van der Waals surface area contributed by atoms with Crippen LogP contribution in [0.1, 0.15) is 28.8 Å². The van der Waals surface area contributed by atoms with Gasteiger partial charge in [-0.25, -0.2) is 10.2 Å². The van der Waals surface area contributed by atoms with Crippen LogP contribution >= 0.6 is 11.6 Å². The lowest BCUT2D eigenvalue weighted by Crippen LogP contribution is -2.21. The van der Waals surface area contributed by atoms with Gasteiger partial charge in [-0.05, 0) is 42.5 Å². The van der Waals surface area contributed by atoms with E-state index in [9.17, 15) is 19.2 Å². The molecule has 158 valence electrons. The minimum atomic E-state index is -1.07. The predicted octanol–water partition coefficient (Wildman–Crippen LogP) is 3.01. The summed E-state index contributed by atoms with van der Waals surface area (Å²) >= 11 is 5.89. The lowest BCUT2D eigenvalue weighted by molar-refractivity contribution is -0.124. The van der Waals surface area contributed by atoms with E-state index in [0.717, 1.165) is 6.21 Å². The molecule has 3 aromatic rings. The van der Waals surface area contributed by atoms with Crippen molar-refractivity contribution in [2.45, 2.75) is 12.8 Å². The van der Waals surface area contributed by atoms with Gasteiger partial charge in [0.1, 0.15) is 11.8 Å². The number of nitrogens with one attached hydrogen (secondary N) is 2. The highest BCUT2D eigenvalue weighted by molar-refractivity contribution is 6.31. The molecular weight excluding hydrogens is 426 g/mol. The zero-order valence-electron chi connectivity index (χ0n) is 15.9. The number of hydrogen-bond donors (Lipinski definition) is 3. The van der Waals surface area contributed by atoms with E-state index in [2.05, 4.69) is 15.8 Å². The zero-order valence-corrected chi connectivity index (χ0v) is 16.7. The van der Waals surface area contributed by atoms with E-state index in [1.54, 1.807) is 12.1 Å². The molecule has 0 fully saturated rings. The van der Waals surface area contributed by atoms with Crippen LogP contribution in [0.15, 0.2) is 63.0 Å². The van der Waals surface area contributed by atoms with Crippen molar-refractivity contribution in [2.24, 2.45) is 5.10 Å². The Labute approximate surface area is 180 Å². The minimum absolute atomic E-state index is 0.0961. The largest absolute Gasteiger partial charge is 0.478 e. The van der Waals surface area contributed by atoms with Crippen LogP contribution < -0.4 is 16.2 Å². The van der Waals surface area contributed by atoms with Crippen molar-refractivity contribution in [3.05, 3.63) is 75.1 Å².